The minimum Gasteiger partial charge on any atom is -0.324 e. The minimum absolute atomic E-state index is 0.0776. The number of para-hydroxylation sites is 1. The number of hydrogen-bond donors (Lipinski definition) is 0. The molecule has 0 bridgehead atoms. The molecule has 0 fully saturated rings. The van der Waals surface area contributed by atoms with Gasteiger partial charge in [0.25, 0.3) is 5.56 Å². The average molecular weight is 418 g/mol. The Hall–Kier alpha value is -2.93. The van der Waals surface area contributed by atoms with E-state index in [1.54, 1.807) is 18.0 Å². The lowest BCUT2D eigenvalue weighted by molar-refractivity contribution is 0.570. The van der Waals surface area contributed by atoms with Gasteiger partial charge in [-0.2, -0.15) is 4.68 Å². The van der Waals surface area contributed by atoms with E-state index in [2.05, 4.69) is 27.6 Å². The highest BCUT2D eigenvalue weighted by atomic mass is 32.2. The van der Waals surface area contributed by atoms with E-state index < -0.39 is 0 Å². The number of rotatable bonds is 4. The van der Waals surface area contributed by atoms with Gasteiger partial charge in [-0.25, -0.2) is 4.98 Å². The summed E-state index contributed by atoms with van der Waals surface area (Å²) in [6.07, 6.45) is 7.91. The number of benzene rings is 1. The van der Waals surface area contributed by atoms with Crippen molar-refractivity contribution < 1.29 is 0 Å². The van der Waals surface area contributed by atoms with Crippen LogP contribution in [-0.2, 0) is 13.0 Å². The Bertz CT molecular complexity index is 1190. The Morgan fingerprint density at radius 3 is 2.73 bits per heavy atom. The number of nitrogens with zero attached hydrogens (tertiary/aromatic N) is 5. The Morgan fingerprint density at radius 2 is 1.93 bits per heavy atom. The zero-order chi connectivity index (χ0) is 20.5. The predicted octanol–water partition coefficient (Wildman–Crippen LogP) is 4.51. The fourth-order valence-electron chi connectivity index (χ4n) is 4.03. The Kier molecular flexibility index (Phi) is 5.12. The van der Waals surface area contributed by atoms with E-state index in [-0.39, 0.29) is 10.8 Å². The number of aromatic nitrogens is 5. The third-order valence-electron chi connectivity index (χ3n) is 5.60. The van der Waals surface area contributed by atoms with E-state index in [4.69, 9.17) is 4.98 Å². The second-order valence-corrected chi connectivity index (χ2v) is 8.91. The molecule has 6 nitrogen and oxygen atoms in total. The third-order valence-corrected chi connectivity index (χ3v) is 6.75. The predicted molar refractivity (Wildman–Crippen MR) is 118 cm³/mol. The molecule has 0 saturated heterocycles. The van der Waals surface area contributed by atoms with Gasteiger partial charge >= 0.3 is 0 Å². The molecule has 1 unspecified atom stereocenters. The van der Waals surface area contributed by atoms with Crippen LogP contribution in [0.1, 0.15) is 42.7 Å². The second kappa shape index (κ2) is 8.07. The fourth-order valence-corrected chi connectivity index (χ4v) is 5.09. The molecule has 7 heteroatoms. The SMILES string of the molecule is CC(Sc1nc2nn(-c3ccccc3)c(=O)c-2c2n1CCCCC2)c1cccnc1. The molecular formula is C23H23N5OS. The summed E-state index contributed by atoms with van der Waals surface area (Å²) in [6, 6.07) is 13.6. The molecule has 0 radical (unpaired) electrons. The van der Waals surface area contributed by atoms with E-state index in [1.807, 2.05) is 42.6 Å². The number of fused-ring (bicyclic) bond motifs is 3. The quantitative estimate of drug-likeness (QED) is 0.361. The van der Waals surface area contributed by atoms with Crippen molar-refractivity contribution in [3.8, 4) is 17.1 Å². The van der Waals surface area contributed by atoms with Crippen LogP contribution in [0.25, 0.3) is 17.1 Å². The van der Waals surface area contributed by atoms with E-state index in [0.29, 0.717) is 11.4 Å². The standard InChI is InChI=1S/C23H23N5OS/c1-16(17-9-8-13-24-15-17)30-23-25-21-20(19-12-6-3-7-14-27(19)23)22(29)28(26-21)18-10-4-2-5-11-18/h2,4-5,8-11,13,15-16H,3,6-7,12,14H2,1H3. The lowest BCUT2D eigenvalue weighted by Crippen LogP contribution is -2.19. The largest absolute Gasteiger partial charge is 0.324 e. The summed E-state index contributed by atoms with van der Waals surface area (Å²) in [6.45, 7) is 3.05. The van der Waals surface area contributed by atoms with Crippen LogP contribution in [0.5, 0.6) is 0 Å². The lowest BCUT2D eigenvalue weighted by Gasteiger charge is -2.20. The maximum absolute atomic E-state index is 13.3. The van der Waals surface area contributed by atoms with Crippen LogP contribution in [-0.4, -0.2) is 24.3 Å². The highest BCUT2D eigenvalue weighted by Crippen LogP contribution is 2.37. The maximum Gasteiger partial charge on any atom is 0.284 e. The van der Waals surface area contributed by atoms with Gasteiger partial charge in [-0.05, 0) is 49.9 Å². The van der Waals surface area contributed by atoms with Crippen LogP contribution in [0.15, 0.2) is 64.8 Å². The van der Waals surface area contributed by atoms with Gasteiger partial charge in [0, 0.05) is 29.9 Å². The van der Waals surface area contributed by atoms with Crippen molar-refractivity contribution in [2.45, 2.75) is 49.6 Å². The molecule has 0 spiro atoms. The van der Waals surface area contributed by atoms with Crippen molar-refractivity contribution in [2.75, 3.05) is 0 Å². The monoisotopic (exact) mass is 417 g/mol. The Balaban J connectivity index is 1.65. The van der Waals surface area contributed by atoms with E-state index in [0.717, 1.165) is 54.3 Å². The smallest absolute Gasteiger partial charge is 0.284 e. The zero-order valence-corrected chi connectivity index (χ0v) is 17.7. The van der Waals surface area contributed by atoms with Crippen LogP contribution in [0.4, 0.5) is 0 Å². The van der Waals surface area contributed by atoms with Crippen molar-refractivity contribution in [2.24, 2.45) is 0 Å². The summed E-state index contributed by atoms with van der Waals surface area (Å²) < 4.78 is 3.74. The first kappa shape index (κ1) is 19.1. The Morgan fingerprint density at radius 1 is 1.07 bits per heavy atom. The van der Waals surface area contributed by atoms with Gasteiger partial charge in [0.1, 0.15) is 5.56 Å². The van der Waals surface area contributed by atoms with Crippen molar-refractivity contribution in [1.82, 2.24) is 24.3 Å². The first-order chi connectivity index (χ1) is 14.7. The maximum atomic E-state index is 13.3. The minimum atomic E-state index is -0.0776. The second-order valence-electron chi connectivity index (χ2n) is 7.60. The van der Waals surface area contributed by atoms with Gasteiger partial charge in [-0.15, -0.1) is 5.10 Å². The summed E-state index contributed by atoms with van der Waals surface area (Å²) in [4.78, 5) is 22.4. The fraction of sp³-hybridized carbons (Fsp3) is 0.304. The summed E-state index contributed by atoms with van der Waals surface area (Å²) in [5.41, 5.74) is 3.59. The lowest BCUT2D eigenvalue weighted by atomic mass is 10.1. The van der Waals surface area contributed by atoms with Crippen molar-refractivity contribution in [1.29, 1.82) is 0 Å². The number of thioether (sulfide) groups is 1. The summed E-state index contributed by atoms with van der Waals surface area (Å²) in [7, 11) is 0. The van der Waals surface area contributed by atoms with Crippen LogP contribution in [0, 0.1) is 0 Å². The highest BCUT2D eigenvalue weighted by Gasteiger charge is 2.27. The van der Waals surface area contributed by atoms with E-state index >= 15 is 0 Å². The molecule has 1 atom stereocenters. The molecular weight excluding hydrogens is 394 g/mol. The van der Waals surface area contributed by atoms with Crippen molar-refractivity contribution >= 4 is 11.8 Å². The van der Waals surface area contributed by atoms with Gasteiger partial charge in [-0.1, -0.05) is 42.4 Å². The van der Waals surface area contributed by atoms with Gasteiger partial charge in [0.05, 0.1) is 5.69 Å². The molecule has 1 aromatic heterocycles. The number of pyridine rings is 1. The normalized spacial score (nSPS) is 15.0. The summed E-state index contributed by atoms with van der Waals surface area (Å²) in [5, 5.41) is 5.74. The van der Waals surface area contributed by atoms with Crippen LogP contribution < -0.4 is 5.56 Å². The summed E-state index contributed by atoms with van der Waals surface area (Å²) in [5.74, 6) is 0.540. The molecule has 0 N–H and O–H groups in total. The van der Waals surface area contributed by atoms with Gasteiger partial charge in [-0.3, -0.25) is 9.78 Å². The molecule has 2 aromatic rings. The molecule has 152 valence electrons. The molecule has 1 aromatic carbocycles. The topological polar surface area (TPSA) is 65.6 Å². The highest BCUT2D eigenvalue weighted by molar-refractivity contribution is 7.99. The zero-order valence-electron chi connectivity index (χ0n) is 16.9. The molecule has 30 heavy (non-hydrogen) atoms. The van der Waals surface area contributed by atoms with Gasteiger partial charge < -0.3 is 4.57 Å². The molecule has 3 aliphatic heterocycles. The molecule has 3 aliphatic rings. The van der Waals surface area contributed by atoms with Crippen LogP contribution >= 0.6 is 11.8 Å². The van der Waals surface area contributed by atoms with Crippen LogP contribution in [0.2, 0.25) is 0 Å². The first-order valence-corrected chi connectivity index (χ1v) is 11.2. The van der Waals surface area contributed by atoms with Gasteiger partial charge in [0.15, 0.2) is 11.0 Å². The van der Waals surface area contributed by atoms with Crippen molar-refractivity contribution in [3.63, 3.8) is 0 Å². The molecule has 4 heterocycles. The Labute approximate surface area is 179 Å². The molecule has 0 amide bonds. The van der Waals surface area contributed by atoms with Crippen molar-refractivity contribution in [3.05, 3.63) is 76.5 Å². The average Bonchev–Trinajstić information content (AvgIpc) is 2.95. The molecule has 0 aliphatic carbocycles. The van der Waals surface area contributed by atoms with E-state index in [9.17, 15) is 4.79 Å². The first-order valence-electron chi connectivity index (χ1n) is 10.4. The summed E-state index contributed by atoms with van der Waals surface area (Å²) >= 11 is 1.71. The number of hydrogen-bond acceptors (Lipinski definition) is 5. The van der Waals surface area contributed by atoms with Crippen LogP contribution in [0.3, 0.4) is 0 Å². The third kappa shape index (κ3) is 3.43. The molecule has 5 rings (SSSR count). The van der Waals surface area contributed by atoms with Gasteiger partial charge in [0.2, 0.25) is 0 Å². The van der Waals surface area contributed by atoms with E-state index in [1.165, 1.54) is 4.68 Å². The molecule has 0 saturated carbocycles.